The van der Waals surface area contributed by atoms with Gasteiger partial charge in [0, 0.05) is 6.20 Å². The van der Waals surface area contributed by atoms with Crippen molar-refractivity contribution in [3.8, 4) is 0 Å². The summed E-state index contributed by atoms with van der Waals surface area (Å²) >= 11 is 0. The fraction of sp³-hybridized carbons (Fsp3) is 0.143. The Kier molecular flexibility index (Phi) is 4.04. The summed E-state index contributed by atoms with van der Waals surface area (Å²) in [5.41, 5.74) is 1.68. The van der Waals surface area contributed by atoms with Gasteiger partial charge in [0.05, 0.1) is 13.0 Å². The molecule has 4 nitrogen and oxygen atoms in total. The van der Waals surface area contributed by atoms with Crippen molar-refractivity contribution in [2.45, 2.75) is 13.0 Å². The van der Waals surface area contributed by atoms with Crippen LogP contribution in [0.2, 0.25) is 0 Å². The molecule has 0 atom stereocenters. The molecule has 0 saturated heterocycles. The van der Waals surface area contributed by atoms with E-state index in [1.54, 1.807) is 12.1 Å². The second-order valence-corrected chi connectivity index (χ2v) is 3.92. The average molecular weight is 242 g/mol. The third-order valence-corrected chi connectivity index (χ3v) is 2.48. The predicted octanol–water partition coefficient (Wildman–Crippen LogP) is 1.76. The van der Waals surface area contributed by atoms with Crippen molar-refractivity contribution in [3.05, 3.63) is 59.8 Å². The van der Waals surface area contributed by atoms with Gasteiger partial charge in [-0.3, -0.25) is 4.79 Å². The van der Waals surface area contributed by atoms with Crippen LogP contribution in [0.3, 0.4) is 0 Å². The number of aromatic nitrogens is 1. The first kappa shape index (κ1) is 12.3. The molecular formula is C14H14N2O2. The maximum absolute atomic E-state index is 11.7. The monoisotopic (exact) mass is 242 g/mol. The highest BCUT2D eigenvalue weighted by Gasteiger charge is 2.04. The van der Waals surface area contributed by atoms with Gasteiger partial charge in [-0.1, -0.05) is 36.4 Å². The van der Waals surface area contributed by atoms with Crippen LogP contribution in [0.4, 0.5) is 5.82 Å². The van der Waals surface area contributed by atoms with Crippen LogP contribution in [0.15, 0.2) is 48.7 Å². The molecule has 0 saturated carbocycles. The van der Waals surface area contributed by atoms with Crippen LogP contribution in [-0.2, 0) is 17.8 Å². The lowest BCUT2D eigenvalue weighted by molar-refractivity contribution is -0.115. The quantitative estimate of drug-likeness (QED) is 0.858. The molecule has 1 amide bonds. The zero-order chi connectivity index (χ0) is 12.8. The summed E-state index contributed by atoms with van der Waals surface area (Å²) in [6.07, 6.45) is 1.86. The fourth-order valence-electron chi connectivity index (χ4n) is 1.56. The van der Waals surface area contributed by atoms with Crippen LogP contribution >= 0.6 is 0 Å². The van der Waals surface area contributed by atoms with Gasteiger partial charge in [0.2, 0.25) is 5.91 Å². The van der Waals surface area contributed by atoms with Gasteiger partial charge >= 0.3 is 0 Å². The molecule has 2 N–H and O–H groups in total. The zero-order valence-corrected chi connectivity index (χ0v) is 9.84. The van der Waals surface area contributed by atoms with E-state index in [4.69, 9.17) is 5.11 Å². The molecular weight excluding hydrogens is 228 g/mol. The molecule has 0 spiro atoms. The number of anilines is 1. The number of carbonyl (C=O) groups is 1. The number of benzene rings is 1. The summed E-state index contributed by atoms with van der Waals surface area (Å²) in [7, 11) is 0. The number of hydrogen-bond donors (Lipinski definition) is 2. The zero-order valence-electron chi connectivity index (χ0n) is 9.84. The highest BCUT2D eigenvalue weighted by Crippen LogP contribution is 2.06. The first-order valence-electron chi connectivity index (χ1n) is 5.67. The molecule has 92 valence electrons. The van der Waals surface area contributed by atoms with E-state index in [9.17, 15) is 4.79 Å². The molecule has 0 unspecified atom stereocenters. The molecule has 1 aromatic heterocycles. The van der Waals surface area contributed by atoms with E-state index in [0.29, 0.717) is 12.2 Å². The fourth-order valence-corrected chi connectivity index (χ4v) is 1.56. The van der Waals surface area contributed by atoms with Crippen LogP contribution in [-0.4, -0.2) is 16.0 Å². The normalized spacial score (nSPS) is 10.1. The molecule has 2 aromatic rings. The second kappa shape index (κ2) is 5.93. The Hall–Kier alpha value is -2.20. The van der Waals surface area contributed by atoms with Gasteiger partial charge in [-0.05, 0) is 17.2 Å². The predicted molar refractivity (Wildman–Crippen MR) is 68.9 cm³/mol. The highest BCUT2D eigenvalue weighted by atomic mass is 16.3. The first-order valence-corrected chi connectivity index (χ1v) is 5.67. The Labute approximate surface area is 105 Å². The third-order valence-electron chi connectivity index (χ3n) is 2.48. The minimum atomic E-state index is -0.106. The Balaban J connectivity index is 1.94. The number of nitrogens with zero attached hydrogens (tertiary/aromatic N) is 1. The standard InChI is InChI=1S/C14H14N2O2/c17-10-12-6-7-13(15-9-12)16-14(18)8-11-4-2-1-3-5-11/h1-7,9,17H,8,10H2,(H,15,16,18). The first-order chi connectivity index (χ1) is 8.78. The molecule has 0 aliphatic heterocycles. The molecule has 18 heavy (non-hydrogen) atoms. The maximum Gasteiger partial charge on any atom is 0.229 e. The van der Waals surface area contributed by atoms with Crippen LogP contribution in [0.5, 0.6) is 0 Å². The summed E-state index contributed by atoms with van der Waals surface area (Å²) in [5.74, 6) is 0.388. The summed E-state index contributed by atoms with van der Waals surface area (Å²) in [6.45, 7) is -0.0504. The third kappa shape index (κ3) is 3.40. The Bertz CT molecular complexity index is 509. The van der Waals surface area contributed by atoms with Crippen molar-refractivity contribution in [2.24, 2.45) is 0 Å². The average Bonchev–Trinajstić information content (AvgIpc) is 2.40. The molecule has 0 aliphatic rings. The van der Waals surface area contributed by atoms with Gasteiger partial charge in [0.1, 0.15) is 5.82 Å². The van der Waals surface area contributed by atoms with E-state index in [2.05, 4.69) is 10.3 Å². The molecule has 0 aliphatic carbocycles. The largest absolute Gasteiger partial charge is 0.392 e. The molecule has 2 rings (SSSR count). The van der Waals surface area contributed by atoms with Crippen LogP contribution in [0.1, 0.15) is 11.1 Å². The van der Waals surface area contributed by atoms with Crippen molar-refractivity contribution in [1.29, 1.82) is 0 Å². The molecule has 0 radical (unpaired) electrons. The number of rotatable bonds is 4. The van der Waals surface area contributed by atoms with Crippen LogP contribution in [0, 0.1) is 0 Å². The minimum Gasteiger partial charge on any atom is -0.392 e. The van der Waals surface area contributed by atoms with E-state index in [1.807, 2.05) is 30.3 Å². The number of aliphatic hydroxyl groups excluding tert-OH is 1. The molecule has 1 heterocycles. The number of pyridine rings is 1. The molecule has 0 fully saturated rings. The lowest BCUT2D eigenvalue weighted by atomic mass is 10.1. The Morgan fingerprint density at radius 1 is 1.11 bits per heavy atom. The topological polar surface area (TPSA) is 62.2 Å². The smallest absolute Gasteiger partial charge is 0.229 e. The summed E-state index contributed by atoms with van der Waals surface area (Å²) < 4.78 is 0. The number of carbonyl (C=O) groups excluding carboxylic acids is 1. The molecule has 4 heteroatoms. The van der Waals surface area contributed by atoms with Crippen LogP contribution in [0.25, 0.3) is 0 Å². The number of amides is 1. The van der Waals surface area contributed by atoms with Crippen LogP contribution < -0.4 is 5.32 Å². The second-order valence-electron chi connectivity index (χ2n) is 3.92. The van der Waals surface area contributed by atoms with E-state index < -0.39 is 0 Å². The summed E-state index contributed by atoms with van der Waals surface area (Å²) in [4.78, 5) is 15.8. The SMILES string of the molecule is O=C(Cc1ccccc1)Nc1ccc(CO)cn1. The molecule has 0 bridgehead atoms. The Morgan fingerprint density at radius 2 is 1.89 bits per heavy atom. The van der Waals surface area contributed by atoms with E-state index in [0.717, 1.165) is 11.1 Å². The van der Waals surface area contributed by atoms with Gasteiger partial charge in [-0.2, -0.15) is 0 Å². The summed E-state index contributed by atoms with van der Waals surface area (Å²) in [6, 6.07) is 12.9. The van der Waals surface area contributed by atoms with Crippen molar-refractivity contribution in [1.82, 2.24) is 4.98 Å². The van der Waals surface area contributed by atoms with Crippen molar-refractivity contribution >= 4 is 11.7 Å². The van der Waals surface area contributed by atoms with Crippen molar-refractivity contribution < 1.29 is 9.90 Å². The van der Waals surface area contributed by atoms with E-state index >= 15 is 0 Å². The van der Waals surface area contributed by atoms with Gasteiger partial charge in [0.25, 0.3) is 0 Å². The number of aliphatic hydroxyl groups is 1. The number of nitrogens with one attached hydrogen (secondary N) is 1. The highest BCUT2D eigenvalue weighted by molar-refractivity contribution is 5.91. The van der Waals surface area contributed by atoms with E-state index in [-0.39, 0.29) is 12.5 Å². The van der Waals surface area contributed by atoms with E-state index in [1.165, 1.54) is 6.20 Å². The lowest BCUT2D eigenvalue weighted by Gasteiger charge is -2.05. The summed E-state index contributed by atoms with van der Waals surface area (Å²) in [5, 5.41) is 11.6. The molecule has 1 aromatic carbocycles. The van der Waals surface area contributed by atoms with Crippen molar-refractivity contribution in [2.75, 3.05) is 5.32 Å². The number of hydrogen-bond acceptors (Lipinski definition) is 3. The minimum absolute atomic E-state index is 0.0504. The Morgan fingerprint density at radius 3 is 2.50 bits per heavy atom. The van der Waals surface area contributed by atoms with Gasteiger partial charge in [-0.25, -0.2) is 4.98 Å². The van der Waals surface area contributed by atoms with Gasteiger partial charge in [0.15, 0.2) is 0 Å². The maximum atomic E-state index is 11.7. The van der Waals surface area contributed by atoms with Crippen molar-refractivity contribution in [3.63, 3.8) is 0 Å². The van der Waals surface area contributed by atoms with Gasteiger partial charge < -0.3 is 10.4 Å². The lowest BCUT2D eigenvalue weighted by Crippen LogP contribution is -2.15. The van der Waals surface area contributed by atoms with Gasteiger partial charge in [-0.15, -0.1) is 0 Å².